The van der Waals surface area contributed by atoms with E-state index in [9.17, 15) is 0 Å². The third-order valence-electron chi connectivity index (χ3n) is 3.33. The van der Waals surface area contributed by atoms with Crippen molar-refractivity contribution in [3.05, 3.63) is 15.6 Å². The van der Waals surface area contributed by atoms with E-state index in [2.05, 4.69) is 4.98 Å². The van der Waals surface area contributed by atoms with Crippen molar-refractivity contribution in [2.24, 2.45) is 5.73 Å². The molecule has 2 heterocycles. The molecule has 2 N–H and O–H groups in total. The van der Waals surface area contributed by atoms with Crippen LogP contribution in [0.3, 0.4) is 0 Å². The molecular formula is C12H20N2O3S. The molecular weight excluding hydrogens is 252 g/mol. The summed E-state index contributed by atoms with van der Waals surface area (Å²) in [5.41, 5.74) is 6.38. The van der Waals surface area contributed by atoms with Crippen LogP contribution in [0, 0.1) is 0 Å². The standard InChI is InChI=1S/C12H20N2O3S/c1-15-8-9-10(7-13)18-11(14-9)12(16-2)3-5-17-6-4-12/h3-8,13H2,1-2H3. The maximum atomic E-state index is 5.76. The number of rotatable bonds is 5. The SMILES string of the molecule is COCc1nc(C2(OC)CCOCC2)sc1CN. The molecule has 5 nitrogen and oxygen atoms in total. The summed E-state index contributed by atoms with van der Waals surface area (Å²) in [4.78, 5) is 5.75. The molecule has 0 aromatic carbocycles. The van der Waals surface area contributed by atoms with E-state index >= 15 is 0 Å². The Kier molecular flexibility index (Phi) is 4.69. The van der Waals surface area contributed by atoms with Crippen LogP contribution in [0.2, 0.25) is 0 Å². The molecule has 1 aliphatic heterocycles. The Bertz CT molecular complexity index is 389. The highest BCUT2D eigenvalue weighted by Crippen LogP contribution is 2.38. The third-order valence-corrected chi connectivity index (χ3v) is 4.63. The topological polar surface area (TPSA) is 66.6 Å². The average molecular weight is 272 g/mol. The third kappa shape index (κ3) is 2.57. The lowest BCUT2D eigenvalue weighted by Gasteiger charge is -2.33. The van der Waals surface area contributed by atoms with Gasteiger partial charge in [0.05, 0.1) is 12.3 Å². The molecule has 1 aliphatic rings. The Morgan fingerprint density at radius 3 is 2.67 bits per heavy atom. The average Bonchev–Trinajstić information content (AvgIpc) is 2.84. The Morgan fingerprint density at radius 2 is 2.11 bits per heavy atom. The van der Waals surface area contributed by atoms with Gasteiger partial charge in [-0.1, -0.05) is 0 Å². The molecule has 0 atom stereocenters. The minimum absolute atomic E-state index is 0.307. The van der Waals surface area contributed by atoms with Crippen LogP contribution in [0.15, 0.2) is 0 Å². The van der Waals surface area contributed by atoms with Crippen molar-refractivity contribution in [1.82, 2.24) is 4.98 Å². The van der Waals surface area contributed by atoms with Crippen molar-refractivity contribution in [3.8, 4) is 0 Å². The first-order chi connectivity index (χ1) is 8.75. The van der Waals surface area contributed by atoms with Gasteiger partial charge in [0.1, 0.15) is 10.6 Å². The summed E-state index contributed by atoms with van der Waals surface area (Å²) in [6, 6.07) is 0. The normalized spacial score (nSPS) is 19.1. The van der Waals surface area contributed by atoms with Crippen LogP contribution in [-0.2, 0) is 33.0 Å². The van der Waals surface area contributed by atoms with Crippen molar-refractivity contribution in [2.75, 3.05) is 27.4 Å². The lowest BCUT2D eigenvalue weighted by atomic mass is 9.95. The first kappa shape index (κ1) is 13.9. The summed E-state index contributed by atoms with van der Waals surface area (Å²) in [6.07, 6.45) is 1.68. The second-order valence-corrected chi connectivity index (χ2v) is 5.42. The summed E-state index contributed by atoms with van der Waals surface area (Å²) in [6.45, 7) is 2.42. The number of ether oxygens (including phenoxy) is 3. The molecule has 1 fully saturated rings. The quantitative estimate of drug-likeness (QED) is 0.877. The molecule has 1 aromatic heterocycles. The molecule has 6 heteroatoms. The van der Waals surface area contributed by atoms with Crippen molar-refractivity contribution >= 4 is 11.3 Å². The van der Waals surface area contributed by atoms with Crippen molar-refractivity contribution < 1.29 is 14.2 Å². The highest BCUT2D eigenvalue weighted by atomic mass is 32.1. The van der Waals surface area contributed by atoms with Gasteiger partial charge in [-0.25, -0.2) is 4.98 Å². The van der Waals surface area contributed by atoms with Crippen molar-refractivity contribution in [1.29, 1.82) is 0 Å². The number of nitrogens with zero attached hydrogens (tertiary/aromatic N) is 1. The molecule has 0 unspecified atom stereocenters. The van der Waals surface area contributed by atoms with Gasteiger partial charge in [0.25, 0.3) is 0 Å². The largest absolute Gasteiger partial charge is 0.381 e. The Balaban J connectivity index is 2.30. The first-order valence-corrected chi connectivity index (χ1v) is 6.88. The highest BCUT2D eigenvalue weighted by Gasteiger charge is 2.38. The second kappa shape index (κ2) is 6.08. The number of nitrogens with two attached hydrogens (primary N) is 1. The van der Waals surface area contributed by atoms with Crippen LogP contribution in [0.1, 0.15) is 28.4 Å². The van der Waals surface area contributed by atoms with Gasteiger partial charge < -0.3 is 19.9 Å². The lowest BCUT2D eigenvalue weighted by molar-refractivity contribution is -0.0949. The zero-order chi connectivity index (χ0) is 13.0. The van der Waals surface area contributed by atoms with Gasteiger partial charge in [-0.15, -0.1) is 11.3 Å². The Labute approximate surface area is 111 Å². The number of hydrogen-bond donors (Lipinski definition) is 1. The Hall–Kier alpha value is -0.530. The minimum Gasteiger partial charge on any atom is -0.381 e. The lowest BCUT2D eigenvalue weighted by Crippen LogP contribution is -2.35. The van der Waals surface area contributed by atoms with E-state index in [0.717, 1.165) is 28.4 Å². The summed E-state index contributed by atoms with van der Waals surface area (Å²) in [7, 11) is 3.41. The van der Waals surface area contributed by atoms with E-state index in [1.807, 2.05) is 0 Å². The van der Waals surface area contributed by atoms with E-state index in [1.165, 1.54) is 0 Å². The summed E-state index contributed by atoms with van der Waals surface area (Å²) >= 11 is 1.63. The van der Waals surface area contributed by atoms with Crippen LogP contribution >= 0.6 is 11.3 Å². The van der Waals surface area contributed by atoms with E-state index < -0.39 is 0 Å². The van der Waals surface area contributed by atoms with Gasteiger partial charge in [0.2, 0.25) is 0 Å². The number of aromatic nitrogens is 1. The molecule has 0 amide bonds. The summed E-state index contributed by atoms with van der Waals surface area (Å²) in [5, 5.41) is 1.00. The molecule has 1 aromatic rings. The number of hydrogen-bond acceptors (Lipinski definition) is 6. The molecule has 0 spiro atoms. The molecule has 102 valence electrons. The molecule has 1 saturated heterocycles. The Morgan fingerprint density at radius 1 is 1.39 bits per heavy atom. The van der Waals surface area contributed by atoms with Crippen LogP contribution < -0.4 is 5.73 Å². The van der Waals surface area contributed by atoms with Crippen LogP contribution in [0.5, 0.6) is 0 Å². The number of thiazole rings is 1. The summed E-state index contributed by atoms with van der Waals surface area (Å²) < 4.78 is 16.3. The molecule has 18 heavy (non-hydrogen) atoms. The van der Waals surface area contributed by atoms with Crippen molar-refractivity contribution in [3.63, 3.8) is 0 Å². The zero-order valence-corrected chi connectivity index (χ0v) is 11.7. The predicted octanol–water partition coefficient (Wildman–Crippen LogP) is 1.40. The van der Waals surface area contributed by atoms with Crippen LogP contribution in [0.25, 0.3) is 0 Å². The molecule has 0 radical (unpaired) electrons. The monoisotopic (exact) mass is 272 g/mol. The van der Waals surface area contributed by atoms with Crippen molar-refractivity contribution in [2.45, 2.75) is 31.6 Å². The second-order valence-electron chi connectivity index (χ2n) is 4.34. The van der Waals surface area contributed by atoms with Gasteiger partial charge in [0, 0.05) is 51.7 Å². The van der Waals surface area contributed by atoms with Gasteiger partial charge in [0.15, 0.2) is 0 Å². The molecule has 0 saturated carbocycles. The van der Waals surface area contributed by atoms with Gasteiger partial charge in [-0.3, -0.25) is 0 Å². The fourth-order valence-electron chi connectivity index (χ4n) is 2.19. The van der Waals surface area contributed by atoms with Crippen LogP contribution in [0.4, 0.5) is 0 Å². The fourth-order valence-corrected chi connectivity index (χ4v) is 3.36. The fraction of sp³-hybridized carbons (Fsp3) is 0.750. The predicted molar refractivity (Wildman–Crippen MR) is 69.5 cm³/mol. The molecule has 2 rings (SSSR count). The first-order valence-electron chi connectivity index (χ1n) is 6.06. The minimum atomic E-state index is -0.307. The maximum absolute atomic E-state index is 5.76. The smallest absolute Gasteiger partial charge is 0.125 e. The van der Waals surface area contributed by atoms with E-state index in [4.69, 9.17) is 19.9 Å². The zero-order valence-electron chi connectivity index (χ0n) is 10.9. The summed E-state index contributed by atoms with van der Waals surface area (Å²) in [5.74, 6) is 0. The van der Waals surface area contributed by atoms with E-state index in [0.29, 0.717) is 26.4 Å². The van der Waals surface area contributed by atoms with E-state index in [-0.39, 0.29) is 5.60 Å². The van der Waals surface area contributed by atoms with Gasteiger partial charge in [-0.2, -0.15) is 0 Å². The van der Waals surface area contributed by atoms with Crippen LogP contribution in [-0.4, -0.2) is 32.4 Å². The molecule has 0 aliphatic carbocycles. The van der Waals surface area contributed by atoms with Gasteiger partial charge in [-0.05, 0) is 0 Å². The van der Waals surface area contributed by atoms with E-state index in [1.54, 1.807) is 25.6 Å². The maximum Gasteiger partial charge on any atom is 0.125 e. The molecule has 0 bridgehead atoms. The van der Waals surface area contributed by atoms with Gasteiger partial charge >= 0.3 is 0 Å². The number of methoxy groups -OCH3 is 2. The highest BCUT2D eigenvalue weighted by molar-refractivity contribution is 7.11.